The summed E-state index contributed by atoms with van der Waals surface area (Å²) >= 11 is 12.2. The second-order valence-corrected chi connectivity index (χ2v) is 11.7. The van der Waals surface area contributed by atoms with Crippen LogP contribution < -0.4 is 9.47 Å². The molecule has 6 rings (SSSR count). The number of nitrogens with zero attached hydrogens (tertiary/aromatic N) is 2. The lowest BCUT2D eigenvalue weighted by molar-refractivity contribution is -0.139. The highest BCUT2D eigenvalue weighted by molar-refractivity contribution is 6.42. The molecule has 1 saturated heterocycles. The van der Waals surface area contributed by atoms with Crippen molar-refractivity contribution in [2.24, 2.45) is 5.92 Å². The van der Waals surface area contributed by atoms with E-state index in [-0.39, 0.29) is 47.4 Å². The third-order valence-electron chi connectivity index (χ3n) is 9.14. The van der Waals surface area contributed by atoms with Crippen LogP contribution in [0.15, 0.2) is 24.3 Å². The molecule has 37 heavy (non-hydrogen) atoms. The number of hydrogen-bond acceptors (Lipinski definition) is 6. The quantitative estimate of drug-likeness (QED) is 0.455. The Labute approximate surface area is 226 Å². The van der Waals surface area contributed by atoms with Gasteiger partial charge in [-0.1, -0.05) is 29.3 Å². The molecule has 2 bridgehead atoms. The number of hydrogen-bond donors (Lipinski definition) is 1. The van der Waals surface area contributed by atoms with Crippen LogP contribution in [0.5, 0.6) is 17.2 Å². The lowest BCUT2D eigenvalue weighted by Crippen LogP contribution is -2.68. The molecule has 0 aromatic heterocycles. The number of phenols is 1. The third kappa shape index (κ3) is 3.65. The van der Waals surface area contributed by atoms with Gasteiger partial charge >= 0.3 is 5.97 Å². The van der Waals surface area contributed by atoms with Gasteiger partial charge in [-0.3, -0.25) is 9.59 Å². The summed E-state index contributed by atoms with van der Waals surface area (Å²) in [6.07, 6.45) is 3.24. The lowest BCUT2D eigenvalue weighted by Gasteiger charge is -2.59. The predicted molar refractivity (Wildman–Crippen MR) is 140 cm³/mol. The highest BCUT2D eigenvalue weighted by Crippen LogP contribution is 2.65. The van der Waals surface area contributed by atoms with Crippen LogP contribution in [-0.4, -0.2) is 65.6 Å². The van der Waals surface area contributed by atoms with Gasteiger partial charge in [-0.2, -0.15) is 0 Å². The first-order chi connectivity index (χ1) is 17.6. The molecule has 2 aromatic rings. The molecule has 196 valence electrons. The summed E-state index contributed by atoms with van der Waals surface area (Å²) in [6, 6.07) is 6.88. The zero-order chi connectivity index (χ0) is 26.2. The van der Waals surface area contributed by atoms with Crippen molar-refractivity contribution in [3.05, 3.63) is 51.0 Å². The first kappa shape index (κ1) is 24.8. The number of likely N-dealkylation sites (N-methyl/N-ethyl adjacent to an activating group) is 2. The van der Waals surface area contributed by atoms with Crippen molar-refractivity contribution >= 4 is 35.1 Å². The van der Waals surface area contributed by atoms with Gasteiger partial charge in [0.25, 0.3) is 0 Å². The molecule has 7 nitrogen and oxygen atoms in total. The molecular formula is C28H30Cl2N2O5. The number of rotatable bonds is 4. The van der Waals surface area contributed by atoms with E-state index < -0.39 is 5.97 Å². The predicted octanol–water partition coefficient (Wildman–Crippen LogP) is 4.36. The van der Waals surface area contributed by atoms with E-state index in [1.54, 1.807) is 12.1 Å². The minimum atomic E-state index is -0.467. The summed E-state index contributed by atoms with van der Waals surface area (Å²) < 4.78 is 12.2. The van der Waals surface area contributed by atoms with Crippen LogP contribution in [0.4, 0.5) is 0 Å². The Morgan fingerprint density at radius 3 is 2.76 bits per heavy atom. The van der Waals surface area contributed by atoms with E-state index in [1.165, 1.54) is 13.0 Å². The van der Waals surface area contributed by atoms with E-state index >= 15 is 0 Å². The molecule has 0 radical (unpaired) electrons. The van der Waals surface area contributed by atoms with Gasteiger partial charge in [0.15, 0.2) is 11.5 Å². The maximum Gasteiger partial charge on any atom is 0.308 e. The Morgan fingerprint density at radius 2 is 2.03 bits per heavy atom. The summed E-state index contributed by atoms with van der Waals surface area (Å²) in [5, 5.41) is 11.9. The van der Waals surface area contributed by atoms with Gasteiger partial charge in [-0.15, -0.1) is 0 Å². The number of piperidine rings is 1. The van der Waals surface area contributed by atoms with E-state index in [4.69, 9.17) is 32.7 Å². The van der Waals surface area contributed by atoms with Gasteiger partial charge in [0, 0.05) is 42.6 Å². The van der Waals surface area contributed by atoms with Crippen molar-refractivity contribution in [1.82, 2.24) is 9.80 Å². The monoisotopic (exact) mass is 544 g/mol. The minimum absolute atomic E-state index is 0.0265. The van der Waals surface area contributed by atoms with Crippen molar-refractivity contribution in [2.45, 2.75) is 62.6 Å². The summed E-state index contributed by atoms with van der Waals surface area (Å²) in [4.78, 5) is 29.6. The molecular weight excluding hydrogens is 515 g/mol. The van der Waals surface area contributed by atoms with Gasteiger partial charge in [-0.05, 0) is 62.9 Å². The SMILES string of the molecule is CC(=O)Oc1cc(O)c2c3c1O[C@H]1[C@H](N(C)C(=O)Cc4ccc(Cl)c(Cl)c4)CC[C@H]4[C@@H](C2)N(C)CC[C@@]341. The maximum atomic E-state index is 13.5. The normalized spacial score (nSPS) is 29.3. The van der Waals surface area contributed by atoms with Crippen LogP contribution in [0.25, 0.3) is 0 Å². The van der Waals surface area contributed by atoms with Gasteiger partial charge in [0.05, 0.1) is 22.5 Å². The fourth-order valence-electron chi connectivity index (χ4n) is 7.52. The fraction of sp³-hybridized carbons (Fsp3) is 0.500. The first-order valence-electron chi connectivity index (χ1n) is 12.8. The number of esters is 1. The summed E-state index contributed by atoms with van der Waals surface area (Å²) in [6.45, 7) is 2.24. The van der Waals surface area contributed by atoms with Gasteiger partial charge in [0.2, 0.25) is 5.91 Å². The number of halogens is 2. The van der Waals surface area contributed by atoms with Crippen LogP contribution in [0, 0.1) is 5.92 Å². The van der Waals surface area contributed by atoms with Crippen molar-refractivity contribution in [3.8, 4) is 17.2 Å². The van der Waals surface area contributed by atoms with E-state index in [0.717, 1.165) is 48.9 Å². The standard InChI is InChI=1S/C28H30Cl2N2O5/c1-14(33)36-23-13-22(34)16-12-21-17-5-7-20(27-28(17,8-9-31(21)2)25(16)26(23)37-27)32(3)24(35)11-15-4-6-18(29)19(30)10-15/h4,6,10,13,17,20-21,27,34H,5,7-9,11-12H2,1-3H3/t17-,20+,21+,27-,28-/m0/s1. The Balaban J connectivity index is 1.39. The van der Waals surface area contributed by atoms with Gasteiger partial charge in [0.1, 0.15) is 11.9 Å². The number of likely N-dealkylation sites (tertiary alicyclic amines) is 1. The van der Waals surface area contributed by atoms with Crippen LogP contribution in [-0.2, 0) is 27.8 Å². The number of amides is 1. The molecule has 2 aliphatic carbocycles. The number of carbonyl (C=O) groups is 2. The number of ether oxygens (including phenoxy) is 2. The zero-order valence-corrected chi connectivity index (χ0v) is 22.6. The van der Waals surface area contributed by atoms with E-state index in [0.29, 0.717) is 21.7 Å². The molecule has 1 spiro atoms. The maximum absolute atomic E-state index is 13.5. The van der Waals surface area contributed by atoms with Crippen molar-refractivity contribution < 1.29 is 24.2 Å². The molecule has 9 heteroatoms. The number of benzene rings is 2. The number of phenolic OH excluding ortho intramolecular Hbond substituents is 1. The van der Waals surface area contributed by atoms with Crippen LogP contribution >= 0.6 is 23.2 Å². The van der Waals surface area contributed by atoms with E-state index in [2.05, 4.69) is 11.9 Å². The van der Waals surface area contributed by atoms with E-state index in [9.17, 15) is 14.7 Å². The molecule has 1 saturated carbocycles. The molecule has 1 amide bonds. The second-order valence-electron chi connectivity index (χ2n) is 10.9. The number of aromatic hydroxyl groups is 1. The van der Waals surface area contributed by atoms with E-state index in [1.807, 2.05) is 18.0 Å². The van der Waals surface area contributed by atoms with Crippen LogP contribution in [0.1, 0.15) is 42.9 Å². The van der Waals surface area contributed by atoms with Gasteiger partial charge < -0.3 is 24.4 Å². The molecule has 5 atom stereocenters. The zero-order valence-electron chi connectivity index (χ0n) is 21.1. The minimum Gasteiger partial charge on any atom is -0.508 e. The first-order valence-corrected chi connectivity index (χ1v) is 13.5. The van der Waals surface area contributed by atoms with Crippen LogP contribution in [0.3, 0.4) is 0 Å². The lowest BCUT2D eigenvalue weighted by atomic mass is 9.51. The second kappa shape index (κ2) is 8.79. The summed E-state index contributed by atoms with van der Waals surface area (Å²) in [7, 11) is 3.99. The highest BCUT2D eigenvalue weighted by atomic mass is 35.5. The average Bonchev–Trinajstić information content (AvgIpc) is 3.19. The Hall–Kier alpha value is -2.48. The Kier molecular flexibility index (Phi) is 5.90. The molecule has 4 aliphatic rings. The molecule has 2 fully saturated rings. The fourth-order valence-corrected chi connectivity index (χ4v) is 7.84. The molecule has 2 aromatic carbocycles. The van der Waals surface area contributed by atoms with Crippen LogP contribution in [0.2, 0.25) is 10.0 Å². The highest BCUT2D eigenvalue weighted by Gasteiger charge is 2.66. The molecule has 2 aliphatic heterocycles. The van der Waals surface area contributed by atoms with Crippen molar-refractivity contribution in [3.63, 3.8) is 0 Å². The summed E-state index contributed by atoms with van der Waals surface area (Å²) in [5.41, 5.74) is 2.31. The average molecular weight is 545 g/mol. The molecule has 1 N–H and O–H groups in total. The van der Waals surface area contributed by atoms with Crippen molar-refractivity contribution in [1.29, 1.82) is 0 Å². The molecule has 2 heterocycles. The third-order valence-corrected chi connectivity index (χ3v) is 9.88. The number of carbonyl (C=O) groups excluding carboxylic acids is 2. The van der Waals surface area contributed by atoms with Gasteiger partial charge in [-0.25, -0.2) is 0 Å². The molecule has 0 unspecified atom stereocenters. The largest absolute Gasteiger partial charge is 0.508 e. The summed E-state index contributed by atoms with van der Waals surface area (Å²) in [5.74, 6) is 0.785. The van der Waals surface area contributed by atoms with Crippen molar-refractivity contribution in [2.75, 3.05) is 20.6 Å². The Morgan fingerprint density at radius 1 is 1.24 bits per heavy atom. The topological polar surface area (TPSA) is 79.3 Å². The smallest absolute Gasteiger partial charge is 0.308 e. The Bertz CT molecular complexity index is 1320.